The van der Waals surface area contributed by atoms with Crippen molar-refractivity contribution in [2.24, 2.45) is 15.6 Å². The lowest BCUT2D eigenvalue weighted by Gasteiger charge is -2.31. The molecule has 0 radical (unpaired) electrons. The summed E-state index contributed by atoms with van der Waals surface area (Å²) in [6.45, 7) is 7.19. The molecular weight excluding hydrogens is 340 g/mol. The van der Waals surface area contributed by atoms with Crippen molar-refractivity contribution in [1.29, 1.82) is 11.1 Å². The quantitative estimate of drug-likeness (QED) is 0.650. The number of rotatable bonds is 5. The van der Waals surface area contributed by atoms with Crippen molar-refractivity contribution in [3.05, 3.63) is 48.0 Å². The molecule has 0 spiro atoms. The minimum atomic E-state index is -0.838. The molecule has 0 saturated carbocycles. The van der Waals surface area contributed by atoms with Gasteiger partial charge in [-0.1, -0.05) is 51.1 Å². The van der Waals surface area contributed by atoms with Gasteiger partial charge in [-0.15, -0.1) is 0 Å². The Labute approximate surface area is 159 Å². The van der Waals surface area contributed by atoms with E-state index in [0.29, 0.717) is 0 Å². The van der Waals surface area contributed by atoms with Crippen LogP contribution >= 0.6 is 0 Å². The molecule has 0 amide bonds. The van der Waals surface area contributed by atoms with Gasteiger partial charge in [-0.2, -0.15) is 10.2 Å². The first-order chi connectivity index (χ1) is 12.8. The number of fused-ring (bicyclic) bond motifs is 1. The third-order valence-electron chi connectivity index (χ3n) is 4.73. The van der Waals surface area contributed by atoms with Gasteiger partial charge in [0.05, 0.1) is 11.4 Å². The van der Waals surface area contributed by atoms with Crippen molar-refractivity contribution in [2.75, 3.05) is 23.4 Å². The van der Waals surface area contributed by atoms with Crippen molar-refractivity contribution in [2.45, 2.75) is 33.3 Å². The molecular formula is C20H26N6O. The Bertz CT molecular complexity index is 852. The van der Waals surface area contributed by atoms with Crippen molar-refractivity contribution in [3.8, 4) is 11.1 Å². The topological polar surface area (TPSA) is 99.1 Å². The number of hydrogen-bond donors (Lipinski definition) is 3. The Morgan fingerprint density at radius 2 is 1.74 bits per heavy atom. The lowest BCUT2D eigenvalue weighted by Crippen LogP contribution is -2.44. The van der Waals surface area contributed by atoms with E-state index in [1.165, 1.54) is 0 Å². The van der Waals surface area contributed by atoms with Gasteiger partial charge < -0.3 is 14.9 Å². The number of anilines is 2. The van der Waals surface area contributed by atoms with Crippen molar-refractivity contribution in [1.82, 2.24) is 0 Å². The van der Waals surface area contributed by atoms with Crippen LogP contribution in [-0.2, 0) is 0 Å². The SMILES string of the molecule is CN1c2cc(-c3ccccc3C(N=N)N=N)ccc2N(CC(C)(C)C)C1O. The molecule has 3 N–H and O–H groups in total. The summed E-state index contributed by atoms with van der Waals surface area (Å²) in [7, 11) is 1.88. The zero-order valence-corrected chi connectivity index (χ0v) is 16.1. The fourth-order valence-electron chi connectivity index (χ4n) is 3.51. The summed E-state index contributed by atoms with van der Waals surface area (Å²) >= 11 is 0. The summed E-state index contributed by atoms with van der Waals surface area (Å²) in [5.41, 5.74) is 19.2. The van der Waals surface area contributed by atoms with Gasteiger partial charge in [0, 0.05) is 19.2 Å². The standard InChI is InChI=1S/C20H26N6O/c1-20(2,3)12-26-16-10-9-13(11-17(16)25(4)19(26)27)14-7-5-6-8-15(14)18(23-21)24-22/h5-11,18-19,21-22,27H,12H2,1-4H3. The van der Waals surface area contributed by atoms with Crippen LogP contribution in [0.3, 0.4) is 0 Å². The van der Waals surface area contributed by atoms with Crippen LogP contribution in [0.25, 0.3) is 11.1 Å². The van der Waals surface area contributed by atoms with E-state index in [0.717, 1.165) is 34.6 Å². The minimum Gasteiger partial charge on any atom is -0.356 e. The molecule has 0 saturated heterocycles. The maximum absolute atomic E-state index is 10.7. The van der Waals surface area contributed by atoms with E-state index >= 15 is 0 Å². The van der Waals surface area contributed by atoms with Gasteiger partial charge in [0.25, 0.3) is 0 Å². The number of hydrogen-bond acceptors (Lipinski definition) is 7. The van der Waals surface area contributed by atoms with Crippen LogP contribution in [0.1, 0.15) is 32.5 Å². The Balaban J connectivity index is 2.06. The molecule has 1 heterocycles. The summed E-state index contributed by atoms with van der Waals surface area (Å²) in [4.78, 5) is 3.86. The van der Waals surface area contributed by atoms with Gasteiger partial charge in [0.1, 0.15) is 0 Å². The van der Waals surface area contributed by atoms with E-state index in [9.17, 15) is 5.11 Å². The van der Waals surface area contributed by atoms with Crippen LogP contribution in [-0.4, -0.2) is 25.1 Å². The van der Waals surface area contributed by atoms with Gasteiger partial charge >= 0.3 is 0 Å². The van der Waals surface area contributed by atoms with Gasteiger partial charge in [-0.25, -0.2) is 11.1 Å². The zero-order valence-electron chi connectivity index (χ0n) is 16.1. The second-order valence-corrected chi connectivity index (χ2v) is 8.07. The van der Waals surface area contributed by atoms with Crippen LogP contribution in [0.5, 0.6) is 0 Å². The molecule has 1 aliphatic rings. The monoisotopic (exact) mass is 366 g/mol. The second kappa shape index (κ2) is 7.08. The smallest absolute Gasteiger partial charge is 0.207 e. The predicted molar refractivity (Wildman–Crippen MR) is 106 cm³/mol. The van der Waals surface area contributed by atoms with E-state index in [1.807, 2.05) is 59.3 Å². The Hall–Kier alpha value is -2.80. The molecule has 0 aliphatic carbocycles. The summed E-state index contributed by atoms with van der Waals surface area (Å²) in [5, 5.41) is 17.6. The van der Waals surface area contributed by atoms with E-state index < -0.39 is 12.5 Å². The van der Waals surface area contributed by atoms with Gasteiger partial charge in [0.15, 0.2) is 0 Å². The Morgan fingerprint density at radius 1 is 1.07 bits per heavy atom. The van der Waals surface area contributed by atoms with Gasteiger partial charge in [-0.05, 0) is 28.7 Å². The Kier molecular flexibility index (Phi) is 4.97. The summed E-state index contributed by atoms with van der Waals surface area (Å²) in [6, 6.07) is 13.6. The highest BCUT2D eigenvalue weighted by Crippen LogP contribution is 2.43. The first kappa shape index (κ1) is 19.0. The third kappa shape index (κ3) is 3.55. The number of aliphatic hydroxyl groups excluding tert-OH is 1. The lowest BCUT2D eigenvalue weighted by atomic mass is 9.95. The number of nitrogens with zero attached hydrogens (tertiary/aromatic N) is 4. The molecule has 2 aromatic carbocycles. The molecule has 2 aromatic rings. The minimum absolute atomic E-state index is 0.0488. The molecule has 1 aliphatic heterocycles. The fraction of sp³-hybridized carbons (Fsp3) is 0.400. The molecule has 0 aromatic heterocycles. The number of nitrogens with one attached hydrogen (secondary N) is 2. The highest BCUT2D eigenvalue weighted by Gasteiger charge is 2.34. The van der Waals surface area contributed by atoms with Crippen LogP contribution in [0.4, 0.5) is 11.4 Å². The first-order valence-electron chi connectivity index (χ1n) is 8.91. The van der Waals surface area contributed by atoms with Crippen LogP contribution in [0.2, 0.25) is 0 Å². The van der Waals surface area contributed by atoms with Crippen LogP contribution in [0, 0.1) is 16.5 Å². The maximum atomic E-state index is 10.7. The fourth-order valence-corrected chi connectivity index (χ4v) is 3.51. The molecule has 1 atom stereocenters. The molecule has 7 heteroatoms. The summed E-state index contributed by atoms with van der Waals surface area (Å²) in [6.07, 6.45) is -1.54. The zero-order chi connectivity index (χ0) is 19.8. The largest absolute Gasteiger partial charge is 0.356 e. The maximum Gasteiger partial charge on any atom is 0.207 e. The average molecular weight is 366 g/mol. The molecule has 142 valence electrons. The summed E-state index contributed by atoms with van der Waals surface area (Å²) < 4.78 is 0. The molecule has 0 bridgehead atoms. The molecule has 0 fully saturated rings. The normalized spacial score (nSPS) is 17.6. The molecule has 7 nitrogen and oxygen atoms in total. The van der Waals surface area contributed by atoms with Gasteiger partial charge in [0.2, 0.25) is 12.5 Å². The Morgan fingerprint density at radius 3 is 2.37 bits per heavy atom. The summed E-state index contributed by atoms with van der Waals surface area (Å²) in [5.74, 6) is 0. The van der Waals surface area contributed by atoms with Crippen LogP contribution in [0.15, 0.2) is 52.7 Å². The molecule has 27 heavy (non-hydrogen) atoms. The van der Waals surface area contributed by atoms with Crippen molar-refractivity contribution < 1.29 is 5.11 Å². The lowest BCUT2D eigenvalue weighted by molar-refractivity contribution is 0.166. The van der Waals surface area contributed by atoms with E-state index in [1.54, 1.807) is 0 Å². The van der Waals surface area contributed by atoms with Gasteiger partial charge in [-0.3, -0.25) is 0 Å². The third-order valence-corrected chi connectivity index (χ3v) is 4.73. The predicted octanol–water partition coefficient (Wildman–Crippen LogP) is 4.99. The number of benzene rings is 2. The van der Waals surface area contributed by atoms with Crippen LogP contribution < -0.4 is 9.80 Å². The number of aliphatic hydroxyl groups is 1. The van der Waals surface area contributed by atoms with Crippen molar-refractivity contribution in [3.63, 3.8) is 0 Å². The van der Waals surface area contributed by atoms with E-state index in [4.69, 9.17) is 11.1 Å². The van der Waals surface area contributed by atoms with Crippen molar-refractivity contribution >= 4 is 11.4 Å². The molecule has 3 rings (SSSR count). The first-order valence-corrected chi connectivity index (χ1v) is 8.91. The highest BCUT2D eigenvalue weighted by atomic mass is 16.3. The van der Waals surface area contributed by atoms with E-state index in [-0.39, 0.29) is 5.41 Å². The average Bonchev–Trinajstić information content (AvgIpc) is 2.86. The molecule has 1 unspecified atom stereocenters. The van der Waals surface area contributed by atoms with E-state index in [2.05, 4.69) is 31.0 Å². The second-order valence-electron chi connectivity index (χ2n) is 8.07. The highest BCUT2D eigenvalue weighted by molar-refractivity contribution is 5.83.